The van der Waals surface area contributed by atoms with Crippen LogP contribution in [0.1, 0.15) is 30.6 Å². The zero-order chi connectivity index (χ0) is 14.4. The van der Waals surface area contributed by atoms with Crippen molar-refractivity contribution in [2.45, 2.75) is 32.5 Å². The van der Waals surface area contributed by atoms with Gasteiger partial charge < -0.3 is 9.47 Å². The van der Waals surface area contributed by atoms with E-state index in [1.54, 1.807) is 12.1 Å². The molecular weight excluding hydrogens is 254 g/mol. The van der Waals surface area contributed by atoms with Gasteiger partial charge in [-0.05, 0) is 32.4 Å². The van der Waals surface area contributed by atoms with Crippen molar-refractivity contribution in [2.24, 2.45) is 0 Å². The topological polar surface area (TPSA) is 38.8 Å². The number of ether oxygens (including phenoxy) is 2. The van der Waals surface area contributed by atoms with Crippen LogP contribution in [0, 0.1) is 0 Å². The van der Waals surface area contributed by atoms with E-state index in [0.717, 1.165) is 38.1 Å². The summed E-state index contributed by atoms with van der Waals surface area (Å²) in [7, 11) is 0. The Labute approximate surface area is 120 Å². The molecule has 0 amide bonds. The number of hydrogen-bond donors (Lipinski definition) is 0. The average molecular weight is 277 g/mol. The van der Waals surface area contributed by atoms with Crippen LogP contribution in [0.5, 0.6) is 5.75 Å². The molecule has 2 rings (SSSR count). The van der Waals surface area contributed by atoms with E-state index in [4.69, 9.17) is 9.47 Å². The predicted octanol–water partition coefficient (Wildman–Crippen LogP) is 2.38. The Balaban J connectivity index is 1.69. The molecule has 1 aromatic carbocycles. The third kappa shape index (κ3) is 4.62. The molecule has 1 fully saturated rings. The van der Waals surface area contributed by atoms with Gasteiger partial charge in [0.25, 0.3) is 0 Å². The largest absolute Gasteiger partial charge is 0.494 e. The first-order valence-electron chi connectivity index (χ1n) is 7.23. The van der Waals surface area contributed by atoms with Crippen LogP contribution in [-0.4, -0.2) is 49.6 Å². The molecule has 4 nitrogen and oxygen atoms in total. The van der Waals surface area contributed by atoms with Crippen molar-refractivity contribution >= 4 is 6.29 Å². The van der Waals surface area contributed by atoms with Crippen molar-refractivity contribution in [3.05, 3.63) is 29.8 Å². The summed E-state index contributed by atoms with van der Waals surface area (Å²) in [5.74, 6) is 0.762. The lowest BCUT2D eigenvalue weighted by atomic mass is 10.2. The molecule has 0 spiro atoms. The van der Waals surface area contributed by atoms with E-state index in [1.807, 2.05) is 12.1 Å². The van der Waals surface area contributed by atoms with E-state index in [-0.39, 0.29) is 0 Å². The molecule has 1 heterocycles. The van der Waals surface area contributed by atoms with Gasteiger partial charge >= 0.3 is 0 Å². The Morgan fingerprint density at radius 2 is 2.10 bits per heavy atom. The fourth-order valence-electron chi connectivity index (χ4n) is 2.62. The highest BCUT2D eigenvalue weighted by atomic mass is 16.5. The molecule has 1 aliphatic heterocycles. The fourth-order valence-corrected chi connectivity index (χ4v) is 2.62. The monoisotopic (exact) mass is 277 g/mol. The Kier molecular flexibility index (Phi) is 5.56. The van der Waals surface area contributed by atoms with E-state index in [2.05, 4.69) is 18.7 Å². The Morgan fingerprint density at radius 1 is 1.35 bits per heavy atom. The van der Waals surface area contributed by atoms with Gasteiger partial charge in [-0.2, -0.15) is 0 Å². The summed E-state index contributed by atoms with van der Waals surface area (Å²) in [6.45, 7) is 7.90. The summed E-state index contributed by atoms with van der Waals surface area (Å²) in [6.07, 6.45) is 2.43. The zero-order valence-corrected chi connectivity index (χ0v) is 12.2. The van der Waals surface area contributed by atoms with Gasteiger partial charge in [0, 0.05) is 25.2 Å². The molecule has 1 aromatic rings. The van der Waals surface area contributed by atoms with Gasteiger partial charge in [-0.1, -0.05) is 12.1 Å². The van der Waals surface area contributed by atoms with Gasteiger partial charge in [0.2, 0.25) is 0 Å². The number of carbonyl (C=O) groups is 1. The van der Waals surface area contributed by atoms with Crippen LogP contribution >= 0.6 is 0 Å². The molecule has 1 saturated heterocycles. The van der Waals surface area contributed by atoms with E-state index < -0.39 is 0 Å². The summed E-state index contributed by atoms with van der Waals surface area (Å²) in [4.78, 5) is 13.1. The Bertz CT molecular complexity index is 425. The highest BCUT2D eigenvalue weighted by molar-refractivity contribution is 5.75. The van der Waals surface area contributed by atoms with Gasteiger partial charge in [-0.3, -0.25) is 9.69 Å². The second kappa shape index (κ2) is 7.41. The number of benzene rings is 1. The molecule has 0 saturated carbocycles. The molecule has 2 atom stereocenters. The smallest absolute Gasteiger partial charge is 0.150 e. The number of nitrogens with zero attached hydrogens (tertiary/aromatic N) is 1. The normalized spacial score (nSPS) is 23.5. The summed E-state index contributed by atoms with van der Waals surface area (Å²) in [5.41, 5.74) is 0.651. The molecule has 0 radical (unpaired) electrons. The average Bonchev–Trinajstić information content (AvgIpc) is 2.43. The van der Waals surface area contributed by atoms with Crippen LogP contribution in [0.4, 0.5) is 0 Å². The van der Waals surface area contributed by atoms with Gasteiger partial charge in [-0.25, -0.2) is 0 Å². The van der Waals surface area contributed by atoms with Gasteiger partial charge in [-0.15, -0.1) is 0 Å². The van der Waals surface area contributed by atoms with Crippen LogP contribution in [0.3, 0.4) is 0 Å². The molecule has 4 heteroatoms. The maximum absolute atomic E-state index is 10.7. The minimum Gasteiger partial charge on any atom is -0.494 e. The fraction of sp³-hybridized carbons (Fsp3) is 0.562. The quantitative estimate of drug-likeness (QED) is 0.591. The van der Waals surface area contributed by atoms with Gasteiger partial charge in [0.1, 0.15) is 12.0 Å². The Hall–Kier alpha value is -1.39. The molecule has 0 aromatic heterocycles. The molecule has 1 aliphatic rings. The lowest BCUT2D eigenvalue weighted by Crippen LogP contribution is -2.45. The molecule has 0 aliphatic carbocycles. The van der Waals surface area contributed by atoms with E-state index in [1.165, 1.54) is 0 Å². The van der Waals surface area contributed by atoms with Crippen LogP contribution in [0.25, 0.3) is 0 Å². The standard InChI is InChI=1S/C16H23NO3/c1-13-10-17(11-14(2)20-13)7-4-8-19-16-6-3-5-15(9-16)12-18/h3,5-6,9,12-14H,4,7-8,10-11H2,1-2H3/t13-,14-/m0/s1. The SMILES string of the molecule is C[C@H]1CN(CCCOc2cccc(C=O)c2)C[C@H](C)O1. The zero-order valence-electron chi connectivity index (χ0n) is 12.2. The summed E-state index contributed by atoms with van der Waals surface area (Å²) in [5, 5.41) is 0. The van der Waals surface area contributed by atoms with E-state index in [9.17, 15) is 4.79 Å². The predicted molar refractivity (Wildman–Crippen MR) is 78.4 cm³/mol. The van der Waals surface area contributed by atoms with Crippen molar-refractivity contribution in [2.75, 3.05) is 26.2 Å². The Morgan fingerprint density at radius 3 is 2.80 bits per heavy atom. The number of carbonyl (C=O) groups excluding carboxylic acids is 1. The van der Waals surface area contributed by atoms with Crippen LogP contribution in [0.15, 0.2) is 24.3 Å². The van der Waals surface area contributed by atoms with Crippen molar-refractivity contribution < 1.29 is 14.3 Å². The third-order valence-electron chi connectivity index (χ3n) is 3.38. The van der Waals surface area contributed by atoms with Gasteiger partial charge in [0.15, 0.2) is 0 Å². The number of morpholine rings is 1. The second-order valence-electron chi connectivity index (χ2n) is 5.41. The molecule has 0 bridgehead atoms. The van der Waals surface area contributed by atoms with Crippen LogP contribution < -0.4 is 4.74 Å². The molecule has 0 N–H and O–H groups in total. The summed E-state index contributed by atoms with van der Waals surface area (Å²) < 4.78 is 11.4. The first-order valence-corrected chi connectivity index (χ1v) is 7.23. The third-order valence-corrected chi connectivity index (χ3v) is 3.38. The second-order valence-corrected chi connectivity index (χ2v) is 5.41. The van der Waals surface area contributed by atoms with Crippen molar-refractivity contribution in [1.29, 1.82) is 0 Å². The first-order chi connectivity index (χ1) is 9.67. The number of rotatable bonds is 6. The van der Waals surface area contributed by atoms with Crippen molar-refractivity contribution in [3.63, 3.8) is 0 Å². The minimum atomic E-state index is 0.309. The summed E-state index contributed by atoms with van der Waals surface area (Å²) >= 11 is 0. The lowest BCUT2D eigenvalue weighted by molar-refractivity contribution is -0.0686. The summed E-state index contributed by atoms with van der Waals surface area (Å²) in [6, 6.07) is 7.26. The maximum Gasteiger partial charge on any atom is 0.150 e. The molecule has 0 unspecified atom stereocenters. The van der Waals surface area contributed by atoms with Crippen molar-refractivity contribution in [1.82, 2.24) is 4.90 Å². The maximum atomic E-state index is 10.7. The van der Waals surface area contributed by atoms with E-state index in [0.29, 0.717) is 24.4 Å². The molecule has 110 valence electrons. The number of aldehydes is 1. The minimum absolute atomic E-state index is 0.309. The van der Waals surface area contributed by atoms with Crippen LogP contribution in [-0.2, 0) is 4.74 Å². The lowest BCUT2D eigenvalue weighted by Gasteiger charge is -2.35. The number of hydrogen-bond acceptors (Lipinski definition) is 4. The van der Waals surface area contributed by atoms with Gasteiger partial charge in [0.05, 0.1) is 18.8 Å². The van der Waals surface area contributed by atoms with E-state index >= 15 is 0 Å². The molecular formula is C16H23NO3. The van der Waals surface area contributed by atoms with Crippen molar-refractivity contribution in [3.8, 4) is 5.75 Å². The highest BCUT2D eigenvalue weighted by Crippen LogP contribution is 2.13. The first kappa shape index (κ1) is 15.0. The van der Waals surface area contributed by atoms with Crippen LogP contribution in [0.2, 0.25) is 0 Å². The molecule has 20 heavy (non-hydrogen) atoms. The highest BCUT2D eigenvalue weighted by Gasteiger charge is 2.21.